The zero-order valence-corrected chi connectivity index (χ0v) is 13.0. The van der Waals surface area contributed by atoms with Crippen molar-refractivity contribution in [2.75, 3.05) is 26.2 Å². The highest BCUT2D eigenvalue weighted by molar-refractivity contribution is 5.81. The molecule has 21 heavy (non-hydrogen) atoms. The zero-order chi connectivity index (χ0) is 15.2. The van der Waals surface area contributed by atoms with E-state index in [9.17, 15) is 4.79 Å². The van der Waals surface area contributed by atoms with Crippen LogP contribution in [0, 0.1) is 5.92 Å². The van der Waals surface area contributed by atoms with Crippen LogP contribution in [0.1, 0.15) is 25.8 Å². The van der Waals surface area contributed by atoms with Gasteiger partial charge in [0.1, 0.15) is 0 Å². The van der Waals surface area contributed by atoms with Gasteiger partial charge in [0, 0.05) is 45.1 Å². The lowest BCUT2D eigenvalue weighted by atomic mass is 10.0. The van der Waals surface area contributed by atoms with Crippen LogP contribution in [0.4, 0.5) is 0 Å². The molecular weight excluding hydrogens is 264 g/mol. The number of carbonyl (C=O) groups is 1. The number of nitrogens with zero attached hydrogens (tertiary/aromatic N) is 3. The van der Waals surface area contributed by atoms with Crippen LogP contribution in [0.2, 0.25) is 0 Å². The maximum Gasteiger partial charge on any atom is 0.239 e. The first-order valence-corrected chi connectivity index (χ1v) is 7.72. The van der Waals surface area contributed by atoms with Crippen molar-refractivity contribution in [3.8, 4) is 0 Å². The van der Waals surface area contributed by atoms with Gasteiger partial charge in [-0.15, -0.1) is 0 Å². The van der Waals surface area contributed by atoms with Gasteiger partial charge in [-0.2, -0.15) is 0 Å². The standard InChI is InChI=1S/C16H26N4O/c1-13(2)10-15(17)16(21)20-8-6-19(7-9-20)12-14-4-3-5-18-11-14/h3-5,11,13,15H,6-10,12,17H2,1-2H3/t15-/m1/s1. The molecule has 0 radical (unpaired) electrons. The summed E-state index contributed by atoms with van der Waals surface area (Å²) in [6.07, 6.45) is 4.45. The van der Waals surface area contributed by atoms with Gasteiger partial charge in [-0.3, -0.25) is 14.7 Å². The molecule has 5 heteroatoms. The Hall–Kier alpha value is -1.46. The maximum absolute atomic E-state index is 12.3. The number of rotatable bonds is 5. The lowest BCUT2D eigenvalue weighted by Crippen LogP contribution is -2.53. The van der Waals surface area contributed by atoms with E-state index < -0.39 is 0 Å². The van der Waals surface area contributed by atoms with Gasteiger partial charge >= 0.3 is 0 Å². The van der Waals surface area contributed by atoms with Gasteiger partial charge < -0.3 is 10.6 Å². The summed E-state index contributed by atoms with van der Waals surface area (Å²) < 4.78 is 0. The average molecular weight is 290 g/mol. The number of amides is 1. The van der Waals surface area contributed by atoms with Crippen LogP contribution in [-0.4, -0.2) is 52.9 Å². The Morgan fingerprint density at radius 3 is 2.62 bits per heavy atom. The lowest BCUT2D eigenvalue weighted by molar-refractivity contribution is -0.134. The fraction of sp³-hybridized carbons (Fsp3) is 0.625. The van der Waals surface area contributed by atoms with Crippen molar-refractivity contribution >= 4 is 5.91 Å². The van der Waals surface area contributed by atoms with Crippen molar-refractivity contribution in [3.05, 3.63) is 30.1 Å². The third-order valence-electron chi connectivity index (χ3n) is 3.86. The van der Waals surface area contributed by atoms with Gasteiger partial charge in [0.15, 0.2) is 0 Å². The molecule has 2 N–H and O–H groups in total. The summed E-state index contributed by atoms with van der Waals surface area (Å²) in [7, 11) is 0. The van der Waals surface area contributed by atoms with Crippen LogP contribution in [0.3, 0.4) is 0 Å². The maximum atomic E-state index is 12.3. The van der Waals surface area contributed by atoms with Gasteiger partial charge in [-0.05, 0) is 24.0 Å². The quantitative estimate of drug-likeness (QED) is 0.882. The van der Waals surface area contributed by atoms with Crippen molar-refractivity contribution in [3.63, 3.8) is 0 Å². The molecule has 2 heterocycles. The molecule has 0 bridgehead atoms. The van der Waals surface area contributed by atoms with Crippen molar-refractivity contribution in [2.24, 2.45) is 11.7 Å². The highest BCUT2D eigenvalue weighted by Gasteiger charge is 2.25. The normalized spacial score (nSPS) is 18.0. The Morgan fingerprint density at radius 2 is 2.05 bits per heavy atom. The molecule has 1 atom stereocenters. The minimum absolute atomic E-state index is 0.102. The van der Waals surface area contributed by atoms with E-state index in [0.29, 0.717) is 5.92 Å². The molecule has 1 aromatic rings. The zero-order valence-electron chi connectivity index (χ0n) is 13.0. The van der Waals surface area contributed by atoms with Crippen molar-refractivity contribution in [1.82, 2.24) is 14.8 Å². The average Bonchev–Trinajstić information content (AvgIpc) is 2.47. The Labute approximate surface area is 127 Å². The molecule has 0 aromatic carbocycles. The molecule has 0 aliphatic carbocycles. The first kappa shape index (κ1) is 15.9. The third kappa shape index (κ3) is 4.79. The Balaban J connectivity index is 1.79. The summed E-state index contributed by atoms with van der Waals surface area (Å²) in [5.41, 5.74) is 7.21. The Bertz CT molecular complexity index is 441. The second-order valence-corrected chi connectivity index (χ2v) is 6.20. The predicted molar refractivity (Wildman–Crippen MR) is 83.5 cm³/mol. The monoisotopic (exact) mass is 290 g/mol. The first-order valence-electron chi connectivity index (χ1n) is 7.72. The molecule has 0 spiro atoms. The molecule has 0 unspecified atom stereocenters. The number of carbonyl (C=O) groups excluding carboxylic acids is 1. The number of aromatic nitrogens is 1. The van der Waals surface area contributed by atoms with Gasteiger partial charge in [-0.25, -0.2) is 0 Å². The molecule has 0 saturated carbocycles. The van der Waals surface area contributed by atoms with Crippen LogP contribution in [0.15, 0.2) is 24.5 Å². The van der Waals surface area contributed by atoms with E-state index in [-0.39, 0.29) is 11.9 Å². The molecular formula is C16H26N4O. The van der Waals surface area contributed by atoms with Gasteiger partial charge in [-0.1, -0.05) is 19.9 Å². The lowest BCUT2D eigenvalue weighted by Gasteiger charge is -2.36. The van der Waals surface area contributed by atoms with Crippen molar-refractivity contribution in [2.45, 2.75) is 32.9 Å². The SMILES string of the molecule is CC(C)C[C@@H](N)C(=O)N1CCN(Cc2cccnc2)CC1. The summed E-state index contributed by atoms with van der Waals surface area (Å²) >= 11 is 0. The highest BCUT2D eigenvalue weighted by Crippen LogP contribution is 2.11. The highest BCUT2D eigenvalue weighted by atomic mass is 16.2. The van der Waals surface area contributed by atoms with E-state index in [0.717, 1.165) is 39.1 Å². The van der Waals surface area contributed by atoms with Crippen LogP contribution >= 0.6 is 0 Å². The summed E-state index contributed by atoms with van der Waals surface area (Å²) in [6.45, 7) is 8.42. The first-order chi connectivity index (χ1) is 10.1. The van der Waals surface area contributed by atoms with Gasteiger partial charge in [0.2, 0.25) is 5.91 Å². The molecule has 1 amide bonds. The fourth-order valence-corrected chi connectivity index (χ4v) is 2.72. The number of nitrogens with two attached hydrogens (primary N) is 1. The molecule has 2 rings (SSSR count). The van der Waals surface area contributed by atoms with E-state index in [4.69, 9.17) is 5.73 Å². The molecule has 1 aliphatic rings. The minimum Gasteiger partial charge on any atom is -0.339 e. The van der Waals surface area contributed by atoms with Crippen LogP contribution in [-0.2, 0) is 11.3 Å². The minimum atomic E-state index is -0.352. The van der Waals surface area contributed by atoms with E-state index in [2.05, 4.69) is 29.8 Å². The second-order valence-electron chi connectivity index (χ2n) is 6.20. The summed E-state index contributed by atoms with van der Waals surface area (Å²) in [4.78, 5) is 20.7. The summed E-state index contributed by atoms with van der Waals surface area (Å²) in [5, 5.41) is 0. The molecule has 1 fully saturated rings. The Morgan fingerprint density at radius 1 is 1.33 bits per heavy atom. The number of hydrogen-bond acceptors (Lipinski definition) is 4. The Kier molecular flexibility index (Phi) is 5.70. The number of pyridine rings is 1. The smallest absolute Gasteiger partial charge is 0.239 e. The van der Waals surface area contributed by atoms with E-state index >= 15 is 0 Å². The van der Waals surface area contributed by atoms with E-state index in [1.807, 2.05) is 17.2 Å². The van der Waals surface area contributed by atoms with Crippen molar-refractivity contribution < 1.29 is 4.79 Å². The summed E-state index contributed by atoms with van der Waals surface area (Å²) in [6, 6.07) is 3.69. The van der Waals surface area contributed by atoms with Gasteiger partial charge in [0.25, 0.3) is 0 Å². The second kappa shape index (κ2) is 7.52. The summed E-state index contributed by atoms with van der Waals surface area (Å²) in [5.74, 6) is 0.556. The fourth-order valence-electron chi connectivity index (χ4n) is 2.72. The molecule has 1 saturated heterocycles. The molecule has 1 aromatic heterocycles. The molecule has 5 nitrogen and oxygen atoms in total. The van der Waals surface area contributed by atoms with Crippen molar-refractivity contribution in [1.29, 1.82) is 0 Å². The van der Waals surface area contributed by atoms with E-state index in [1.54, 1.807) is 6.20 Å². The van der Waals surface area contributed by atoms with Crippen LogP contribution in [0.25, 0.3) is 0 Å². The number of piperazine rings is 1. The van der Waals surface area contributed by atoms with Gasteiger partial charge in [0.05, 0.1) is 6.04 Å². The molecule has 116 valence electrons. The predicted octanol–water partition coefficient (Wildman–Crippen LogP) is 1.10. The van der Waals surface area contributed by atoms with E-state index in [1.165, 1.54) is 5.56 Å². The van der Waals surface area contributed by atoms with Crippen LogP contribution < -0.4 is 5.73 Å². The topological polar surface area (TPSA) is 62.5 Å². The molecule has 1 aliphatic heterocycles. The third-order valence-corrected chi connectivity index (χ3v) is 3.86. The van der Waals surface area contributed by atoms with Crippen LogP contribution in [0.5, 0.6) is 0 Å². The largest absolute Gasteiger partial charge is 0.339 e. The number of hydrogen-bond donors (Lipinski definition) is 1.